The van der Waals surface area contributed by atoms with Crippen molar-refractivity contribution in [1.82, 2.24) is 9.88 Å². The second-order valence-electron chi connectivity index (χ2n) is 6.02. The number of methoxy groups -OCH3 is 2. The van der Waals surface area contributed by atoms with Crippen molar-refractivity contribution in [2.24, 2.45) is 0 Å². The lowest BCUT2D eigenvalue weighted by molar-refractivity contribution is -0.136. The normalized spacial score (nSPS) is 14.0. The van der Waals surface area contributed by atoms with Gasteiger partial charge in [0.1, 0.15) is 11.2 Å². The molecule has 2 N–H and O–H groups in total. The first-order valence-corrected chi connectivity index (χ1v) is 8.37. The van der Waals surface area contributed by atoms with E-state index in [1.807, 2.05) is 0 Å². The predicted molar refractivity (Wildman–Crippen MR) is 96.4 cm³/mol. The third kappa shape index (κ3) is 3.41. The van der Waals surface area contributed by atoms with E-state index in [-0.39, 0.29) is 42.2 Å². The van der Waals surface area contributed by atoms with Gasteiger partial charge in [-0.1, -0.05) is 0 Å². The molecular formula is C18H19N3O7. The summed E-state index contributed by atoms with van der Waals surface area (Å²) in [7, 11) is 2.46. The Bertz CT molecular complexity index is 992. The van der Waals surface area contributed by atoms with Crippen molar-refractivity contribution in [2.75, 3.05) is 39.2 Å². The third-order valence-corrected chi connectivity index (χ3v) is 4.23. The van der Waals surface area contributed by atoms with Gasteiger partial charge in [-0.15, -0.1) is 0 Å². The van der Waals surface area contributed by atoms with Crippen molar-refractivity contribution in [3.8, 4) is 0 Å². The molecule has 0 unspecified atom stereocenters. The third-order valence-electron chi connectivity index (χ3n) is 4.23. The number of esters is 2. The molecular weight excluding hydrogens is 370 g/mol. The van der Waals surface area contributed by atoms with E-state index in [1.165, 1.54) is 31.3 Å². The van der Waals surface area contributed by atoms with Crippen LogP contribution in [0, 0.1) is 6.92 Å². The van der Waals surface area contributed by atoms with Crippen LogP contribution in [0.1, 0.15) is 16.2 Å². The van der Waals surface area contributed by atoms with Crippen LogP contribution in [0.15, 0.2) is 27.8 Å². The highest BCUT2D eigenvalue weighted by Gasteiger charge is 2.35. The zero-order valence-corrected chi connectivity index (χ0v) is 15.6. The number of anilines is 1. The van der Waals surface area contributed by atoms with E-state index in [0.29, 0.717) is 17.0 Å². The smallest absolute Gasteiger partial charge is 0.338 e. The number of benzene rings is 1. The Hall–Kier alpha value is -3.40. The number of hydrogen-bond donors (Lipinski definition) is 2. The Kier molecular flexibility index (Phi) is 5.32. The SMILES string of the molecule is COC(=O)C1=C(Nc2cc(C(=O)OC)cc3nc(C)oc23)C(=O)N(CCO)C1. The molecule has 3 rings (SSSR count). The number of carbonyl (C=O) groups is 3. The van der Waals surface area contributed by atoms with Crippen molar-refractivity contribution in [3.63, 3.8) is 0 Å². The fourth-order valence-electron chi connectivity index (χ4n) is 2.96. The fraction of sp³-hybridized carbons (Fsp3) is 0.333. The molecule has 10 heteroatoms. The van der Waals surface area contributed by atoms with Crippen LogP contribution in [0.3, 0.4) is 0 Å². The number of ether oxygens (including phenoxy) is 2. The number of aromatic nitrogens is 1. The second kappa shape index (κ2) is 7.69. The molecule has 1 aliphatic heterocycles. The Morgan fingerprint density at radius 1 is 1.29 bits per heavy atom. The number of fused-ring (bicyclic) bond motifs is 1. The highest BCUT2D eigenvalue weighted by molar-refractivity contribution is 6.10. The van der Waals surface area contributed by atoms with Gasteiger partial charge in [-0.2, -0.15) is 0 Å². The molecule has 1 aromatic carbocycles. The molecule has 0 spiro atoms. The lowest BCUT2D eigenvalue weighted by Crippen LogP contribution is -2.31. The molecule has 0 saturated carbocycles. The summed E-state index contributed by atoms with van der Waals surface area (Å²) in [6.45, 7) is 1.44. The Morgan fingerprint density at radius 2 is 2.00 bits per heavy atom. The Balaban J connectivity index is 2.09. The number of aliphatic hydroxyl groups is 1. The molecule has 10 nitrogen and oxygen atoms in total. The van der Waals surface area contributed by atoms with Crippen LogP contribution in [-0.2, 0) is 19.1 Å². The molecule has 0 aliphatic carbocycles. The lowest BCUT2D eigenvalue weighted by Gasteiger charge is -2.15. The number of oxazole rings is 1. The molecule has 0 atom stereocenters. The average Bonchev–Trinajstić information content (AvgIpc) is 3.21. The molecule has 1 amide bonds. The predicted octanol–water partition coefficient (Wildman–Crippen LogP) is 0.596. The van der Waals surface area contributed by atoms with Gasteiger partial charge in [0.05, 0.1) is 44.2 Å². The molecule has 1 aromatic heterocycles. The molecule has 148 valence electrons. The van der Waals surface area contributed by atoms with E-state index >= 15 is 0 Å². The topological polar surface area (TPSA) is 131 Å². The number of carbonyl (C=O) groups excluding carboxylic acids is 3. The van der Waals surface area contributed by atoms with E-state index < -0.39 is 17.8 Å². The van der Waals surface area contributed by atoms with Crippen LogP contribution >= 0.6 is 0 Å². The molecule has 0 saturated heterocycles. The van der Waals surface area contributed by atoms with Gasteiger partial charge in [0, 0.05) is 13.5 Å². The number of rotatable bonds is 6. The average molecular weight is 389 g/mol. The first kappa shape index (κ1) is 19.4. The number of nitrogens with one attached hydrogen (secondary N) is 1. The van der Waals surface area contributed by atoms with Crippen LogP contribution in [0.2, 0.25) is 0 Å². The monoisotopic (exact) mass is 389 g/mol. The first-order valence-electron chi connectivity index (χ1n) is 8.37. The van der Waals surface area contributed by atoms with E-state index in [1.54, 1.807) is 6.92 Å². The lowest BCUT2D eigenvalue weighted by atomic mass is 10.1. The van der Waals surface area contributed by atoms with Crippen LogP contribution in [0.5, 0.6) is 0 Å². The molecule has 2 heterocycles. The minimum absolute atomic E-state index is 0.0103. The summed E-state index contributed by atoms with van der Waals surface area (Å²) in [6, 6.07) is 2.95. The highest BCUT2D eigenvalue weighted by atomic mass is 16.5. The van der Waals surface area contributed by atoms with Gasteiger partial charge in [-0.25, -0.2) is 14.6 Å². The van der Waals surface area contributed by atoms with Crippen LogP contribution < -0.4 is 5.32 Å². The van der Waals surface area contributed by atoms with Gasteiger partial charge in [0.15, 0.2) is 11.5 Å². The van der Waals surface area contributed by atoms with E-state index in [2.05, 4.69) is 10.3 Å². The van der Waals surface area contributed by atoms with Crippen molar-refractivity contribution < 1.29 is 33.4 Å². The van der Waals surface area contributed by atoms with Gasteiger partial charge in [0.25, 0.3) is 5.91 Å². The van der Waals surface area contributed by atoms with Gasteiger partial charge in [-0.05, 0) is 12.1 Å². The first-order chi connectivity index (χ1) is 13.4. The number of β-amino-alcohol motifs (C(OH)–C–C–N with tert-alkyl or cyclic N) is 1. The van der Waals surface area contributed by atoms with Gasteiger partial charge in [-0.3, -0.25) is 4.79 Å². The van der Waals surface area contributed by atoms with Gasteiger partial charge >= 0.3 is 11.9 Å². The van der Waals surface area contributed by atoms with Gasteiger partial charge in [0.2, 0.25) is 0 Å². The summed E-state index contributed by atoms with van der Waals surface area (Å²) >= 11 is 0. The zero-order valence-electron chi connectivity index (χ0n) is 15.6. The maximum Gasteiger partial charge on any atom is 0.338 e. The molecule has 0 radical (unpaired) electrons. The standard InChI is InChI=1S/C18H19N3O7/c1-9-19-12-6-10(17(24)26-2)7-13(15(12)28-9)20-14-11(18(25)27-3)8-21(4-5-22)16(14)23/h6-7,20,22H,4-5,8H2,1-3H3. The fourth-order valence-corrected chi connectivity index (χ4v) is 2.96. The summed E-state index contributed by atoms with van der Waals surface area (Å²) in [6.07, 6.45) is 0. The summed E-state index contributed by atoms with van der Waals surface area (Å²) < 4.78 is 15.1. The number of hydrogen-bond acceptors (Lipinski definition) is 9. The van der Waals surface area contributed by atoms with Crippen molar-refractivity contribution in [2.45, 2.75) is 6.92 Å². The highest BCUT2D eigenvalue weighted by Crippen LogP contribution is 2.30. The summed E-state index contributed by atoms with van der Waals surface area (Å²) in [5.41, 5.74) is 1.26. The molecule has 1 aliphatic rings. The quantitative estimate of drug-likeness (QED) is 0.682. The minimum atomic E-state index is -0.676. The molecule has 28 heavy (non-hydrogen) atoms. The zero-order chi connectivity index (χ0) is 20.4. The van der Waals surface area contributed by atoms with Crippen molar-refractivity contribution in [3.05, 3.63) is 34.9 Å². The summed E-state index contributed by atoms with van der Waals surface area (Å²) in [5.74, 6) is -1.39. The van der Waals surface area contributed by atoms with Crippen LogP contribution in [0.4, 0.5) is 5.69 Å². The van der Waals surface area contributed by atoms with E-state index in [0.717, 1.165) is 0 Å². The van der Waals surface area contributed by atoms with Crippen molar-refractivity contribution >= 4 is 34.6 Å². The van der Waals surface area contributed by atoms with Crippen LogP contribution in [0.25, 0.3) is 11.1 Å². The molecule has 0 bridgehead atoms. The molecule has 0 fully saturated rings. The van der Waals surface area contributed by atoms with E-state index in [9.17, 15) is 14.4 Å². The van der Waals surface area contributed by atoms with Crippen LogP contribution in [-0.4, -0.2) is 66.8 Å². The Labute approximate surface area is 159 Å². The minimum Gasteiger partial charge on any atom is -0.466 e. The number of aliphatic hydroxyl groups excluding tert-OH is 1. The molecule has 2 aromatic rings. The number of nitrogens with zero attached hydrogens (tertiary/aromatic N) is 2. The summed E-state index contributed by atoms with van der Waals surface area (Å²) in [5, 5.41) is 12.0. The number of amides is 1. The van der Waals surface area contributed by atoms with Gasteiger partial charge < -0.3 is 29.2 Å². The summed E-state index contributed by atoms with van der Waals surface area (Å²) in [4.78, 5) is 42.3. The largest absolute Gasteiger partial charge is 0.466 e. The van der Waals surface area contributed by atoms with E-state index in [4.69, 9.17) is 19.0 Å². The van der Waals surface area contributed by atoms with Crippen molar-refractivity contribution in [1.29, 1.82) is 0 Å². The second-order valence-corrected chi connectivity index (χ2v) is 6.02. The Morgan fingerprint density at radius 3 is 2.64 bits per heavy atom. The number of aryl methyl sites for hydroxylation is 1. The maximum atomic E-state index is 12.7. The maximum absolute atomic E-state index is 12.7.